The fraction of sp³-hybridized carbons (Fsp3) is 0.875. The third-order valence-corrected chi connectivity index (χ3v) is 3.13. The smallest absolute Gasteiger partial charge is 0.322 e. The molecule has 3 rings (SSSR count). The van der Waals surface area contributed by atoms with Gasteiger partial charge in [0.1, 0.15) is 6.04 Å². The topological polar surface area (TPSA) is 66.6 Å². The van der Waals surface area contributed by atoms with Crippen molar-refractivity contribution >= 4 is 5.97 Å². The minimum absolute atomic E-state index is 0.148. The van der Waals surface area contributed by atoms with Crippen LogP contribution >= 0.6 is 0 Å². The minimum Gasteiger partial charge on any atom is -0.480 e. The molecule has 4 nitrogen and oxygen atoms in total. The fourth-order valence-corrected chi connectivity index (χ4v) is 2.40. The maximum absolute atomic E-state index is 10.8. The third-order valence-electron chi connectivity index (χ3n) is 3.13. The normalized spacial score (nSPS) is 46.1. The second kappa shape index (κ2) is 2.71. The van der Waals surface area contributed by atoms with Gasteiger partial charge in [0.25, 0.3) is 0 Å². The molecule has 2 atom stereocenters. The van der Waals surface area contributed by atoms with Gasteiger partial charge in [0, 0.05) is 6.04 Å². The molecule has 12 heavy (non-hydrogen) atoms. The van der Waals surface area contributed by atoms with Gasteiger partial charge in [0.2, 0.25) is 0 Å². The minimum atomic E-state index is -0.757. The van der Waals surface area contributed by atoms with E-state index in [-0.39, 0.29) is 6.04 Å². The van der Waals surface area contributed by atoms with Crippen molar-refractivity contribution in [2.45, 2.75) is 24.9 Å². The van der Waals surface area contributed by atoms with E-state index < -0.39 is 12.0 Å². The van der Waals surface area contributed by atoms with Crippen LogP contribution in [0, 0.1) is 5.92 Å². The Morgan fingerprint density at radius 3 is 2.33 bits per heavy atom. The number of nitrogens with two attached hydrogens (primary N) is 1. The van der Waals surface area contributed by atoms with Crippen molar-refractivity contribution in [1.82, 2.24) is 4.90 Å². The quantitative estimate of drug-likeness (QED) is 0.556. The molecule has 3 aliphatic rings. The van der Waals surface area contributed by atoms with E-state index in [1.165, 1.54) is 0 Å². The van der Waals surface area contributed by atoms with E-state index >= 15 is 0 Å². The molecule has 0 spiro atoms. The summed E-state index contributed by atoms with van der Waals surface area (Å²) >= 11 is 0. The van der Waals surface area contributed by atoms with E-state index in [9.17, 15) is 4.79 Å². The van der Waals surface area contributed by atoms with Crippen LogP contribution in [0.2, 0.25) is 0 Å². The predicted octanol–water partition coefficient (Wildman–Crippen LogP) is -0.507. The van der Waals surface area contributed by atoms with Gasteiger partial charge in [-0.2, -0.15) is 0 Å². The van der Waals surface area contributed by atoms with Crippen molar-refractivity contribution in [2.75, 3.05) is 13.1 Å². The molecule has 3 aliphatic heterocycles. The lowest BCUT2D eigenvalue weighted by Gasteiger charge is -2.47. The number of rotatable bonds is 1. The summed E-state index contributed by atoms with van der Waals surface area (Å²) in [4.78, 5) is 12.8. The second-order valence-corrected chi connectivity index (χ2v) is 3.73. The number of carboxylic acids is 1. The van der Waals surface area contributed by atoms with Gasteiger partial charge in [-0.15, -0.1) is 0 Å². The zero-order chi connectivity index (χ0) is 8.72. The van der Waals surface area contributed by atoms with Gasteiger partial charge >= 0.3 is 5.97 Å². The summed E-state index contributed by atoms with van der Waals surface area (Å²) in [5.41, 5.74) is 5.84. The summed E-state index contributed by atoms with van der Waals surface area (Å²) in [5.74, 6) is -0.317. The van der Waals surface area contributed by atoms with Gasteiger partial charge in [-0.3, -0.25) is 9.69 Å². The van der Waals surface area contributed by atoms with Crippen LogP contribution in [0.15, 0.2) is 0 Å². The molecular weight excluding hydrogens is 156 g/mol. The Balaban J connectivity index is 2.18. The molecule has 0 aromatic heterocycles. The van der Waals surface area contributed by atoms with Crippen LogP contribution in [0.5, 0.6) is 0 Å². The molecule has 0 saturated carbocycles. The van der Waals surface area contributed by atoms with Crippen LogP contribution in [-0.4, -0.2) is 41.1 Å². The predicted molar refractivity (Wildman–Crippen MR) is 43.7 cm³/mol. The lowest BCUT2D eigenvalue weighted by molar-refractivity contribution is -0.148. The Kier molecular flexibility index (Phi) is 1.81. The van der Waals surface area contributed by atoms with Gasteiger partial charge in [-0.25, -0.2) is 0 Å². The fourth-order valence-electron chi connectivity index (χ4n) is 2.40. The molecule has 0 aliphatic carbocycles. The molecular formula is C8H14N2O2. The Hall–Kier alpha value is -0.610. The molecule has 3 saturated heterocycles. The number of hydrogen-bond donors (Lipinski definition) is 2. The van der Waals surface area contributed by atoms with Gasteiger partial charge in [-0.1, -0.05) is 0 Å². The lowest BCUT2D eigenvalue weighted by Crippen LogP contribution is -2.64. The Bertz CT molecular complexity index is 197. The SMILES string of the molecule is NC1C2CCN(CC2)[C@@H]1C(=O)O. The number of carbonyl (C=O) groups is 1. The van der Waals surface area contributed by atoms with Crippen LogP contribution in [0.25, 0.3) is 0 Å². The number of piperidine rings is 3. The molecule has 0 amide bonds. The first kappa shape index (κ1) is 8.01. The van der Waals surface area contributed by atoms with Crippen LogP contribution in [0.1, 0.15) is 12.8 Å². The Labute approximate surface area is 71.3 Å². The number of carboxylic acid groups (broad SMARTS) is 1. The largest absolute Gasteiger partial charge is 0.480 e. The van der Waals surface area contributed by atoms with Crippen molar-refractivity contribution in [2.24, 2.45) is 11.7 Å². The maximum atomic E-state index is 10.8. The highest BCUT2D eigenvalue weighted by Gasteiger charge is 2.43. The van der Waals surface area contributed by atoms with E-state index in [1.54, 1.807) is 0 Å². The molecule has 3 N–H and O–H groups in total. The standard InChI is InChI=1S/C8H14N2O2/c9-6-5-1-3-10(4-2-5)7(6)8(11)12/h5-7H,1-4,9H2,(H,11,12)/t6?,7-/m0/s1. The lowest BCUT2D eigenvalue weighted by atomic mass is 9.79. The van der Waals surface area contributed by atoms with Crippen LogP contribution in [0.4, 0.5) is 0 Å². The molecule has 4 heteroatoms. The van der Waals surface area contributed by atoms with Gasteiger partial charge in [0.15, 0.2) is 0 Å². The number of aliphatic carboxylic acids is 1. The molecule has 3 heterocycles. The average Bonchev–Trinajstić information content (AvgIpc) is 2.05. The summed E-state index contributed by atoms with van der Waals surface area (Å²) in [7, 11) is 0. The van der Waals surface area contributed by atoms with E-state index in [0.717, 1.165) is 25.9 Å². The van der Waals surface area contributed by atoms with E-state index in [2.05, 4.69) is 0 Å². The van der Waals surface area contributed by atoms with Crippen molar-refractivity contribution in [3.05, 3.63) is 0 Å². The van der Waals surface area contributed by atoms with Crippen molar-refractivity contribution in [3.63, 3.8) is 0 Å². The first-order valence-electron chi connectivity index (χ1n) is 4.42. The first-order chi connectivity index (χ1) is 5.70. The van der Waals surface area contributed by atoms with Crippen molar-refractivity contribution < 1.29 is 9.90 Å². The summed E-state index contributed by atoms with van der Waals surface area (Å²) in [5, 5.41) is 8.91. The molecule has 3 fully saturated rings. The molecule has 1 unspecified atom stereocenters. The van der Waals surface area contributed by atoms with Gasteiger partial charge in [-0.05, 0) is 31.8 Å². The average molecular weight is 170 g/mol. The van der Waals surface area contributed by atoms with Crippen LogP contribution in [0.3, 0.4) is 0 Å². The van der Waals surface area contributed by atoms with Crippen LogP contribution < -0.4 is 5.73 Å². The summed E-state index contributed by atoms with van der Waals surface area (Å²) in [6, 6.07) is -0.567. The van der Waals surface area contributed by atoms with Crippen LogP contribution in [-0.2, 0) is 4.79 Å². The second-order valence-electron chi connectivity index (χ2n) is 3.73. The highest BCUT2D eigenvalue weighted by Crippen LogP contribution is 2.30. The third kappa shape index (κ3) is 1.03. The van der Waals surface area contributed by atoms with E-state index in [4.69, 9.17) is 10.8 Å². The number of nitrogens with zero attached hydrogens (tertiary/aromatic N) is 1. The summed E-state index contributed by atoms with van der Waals surface area (Å²) in [6.45, 7) is 1.82. The summed E-state index contributed by atoms with van der Waals surface area (Å²) < 4.78 is 0. The summed E-state index contributed by atoms with van der Waals surface area (Å²) in [6.07, 6.45) is 2.15. The zero-order valence-corrected chi connectivity index (χ0v) is 6.94. The van der Waals surface area contributed by atoms with Crippen molar-refractivity contribution in [1.29, 1.82) is 0 Å². The Morgan fingerprint density at radius 1 is 1.42 bits per heavy atom. The molecule has 0 aromatic rings. The Morgan fingerprint density at radius 2 is 2.00 bits per heavy atom. The van der Waals surface area contributed by atoms with Crippen molar-refractivity contribution in [3.8, 4) is 0 Å². The molecule has 2 bridgehead atoms. The monoisotopic (exact) mass is 170 g/mol. The highest BCUT2D eigenvalue weighted by atomic mass is 16.4. The molecule has 68 valence electrons. The number of fused-ring (bicyclic) bond motifs is 3. The maximum Gasteiger partial charge on any atom is 0.322 e. The molecule has 0 radical (unpaired) electrons. The van der Waals surface area contributed by atoms with E-state index in [1.807, 2.05) is 4.90 Å². The first-order valence-corrected chi connectivity index (χ1v) is 4.42. The number of hydrogen-bond acceptors (Lipinski definition) is 3. The zero-order valence-electron chi connectivity index (χ0n) is 6.94. The van der Waals surface area contributed by atoms with Gasteiger partial charge in [0.05, 0.1) is 0 Å². The molecule has 0 aromatic carbocycles. The highest BCUT2D eigenvalue weighted by molar-refractivity contribution is 5.75. The van der Waals surface area contributed by atoms with E-state index in [0.29, 0.717) is 5.92 Å². The van der Waals surface area contributed by atoms with Gasteiger partial charge < -0.3 is 10.8 Å².